The van der Waals surface area contributed by atoms with Gasteiger partial charge in [0.05, 0.1) is 11.1 Å². The Bertz CT molecular complexity index is 3500. The molecule has 1 heterocycles. The molecule has 0 atom stereocenters. The van der Waals surface area contributed by atoms with E-state index in [-0.39, 0.29) is 32.5 Å². The van der Waals surface area contributed by atoms with Crippen molar-refractivity contribution in [2.75, 3.05) is 4.90 Å². The molecule has 8 aromatic carbocycles. The van der Waals surface area contributed by atoms with Gasteiger partial charge in [0.1, 0.15) is 11.2 Å². The lowest BCUT2D eigenvalue weighted by Crippen LogP contribution is -2.18. The summed E-state index contributed by atoms with van der Waals surface area (Å²) in [6.45, 7) is 37.4. The number of furan rings is 1. The summed E-state index contributed by atoms with van der Waals surface area (Å²) < 4.78 is 7.30. The van der Waals surface area contributed by atoms with Crippen molar-refractivity contribution in [3.05, 3.63) is 196 Å². The van der Waals surface area contributed by atoms with Crippen LogP contribution in [-0.4, -0.2) is 0 Å². The summed E-state index contributed by atoms with van der Waals surface area (Å²) in [5, 5.41) is 2.21. The van der Waals surface area contributed by atoms with E-state index < -0.39 is 0 Å². The van der Waals surface area contributed by atoms with Gasteiger partial charge in [0.2, 0.25) is 0 Å². The van der Waals surface area contributed by atoms with Gasteiger partial charge < -0.3 is 9.32 Å². The monoisotopic (exact) mass is 944 g/mol. The molecule has 0 amide bonds. The van der Waals surface area contributed by atoms with Crippen LogP contribution in [0.25, 0.3) is 66.4 Å². The predicted molar refractivity (Wildman–Crippen MR) is 309 cm³/mol. The summed E-state index contributed by atoms with van der Waals surface area (Å²) in [5.41, 5.74) is 25.4. The standard InChI is InChI=1S/C70H73NO/c1-65(2,3)46-31-43(32-47(38-46)66(4,5)6)42-25-28-56-62(36-42)72-63-37-45(44-33-48(67(7,8)9)39-49(34-44)68(10,11)12)35-61(64(56)63)71(50-26-29-54-52-21-17-19-23-57(52)69(13,14)59(54)40-50)51-27-30-55-53-22-18-20-24-58(53)70(15,16)60(55)41-51/h17-41H,1-16H3. The van der Waals surface area contributed by atoms with E-state index in [9.17, 15) is 0 Å². The number of benzene rings is 8. The molecule has 2 heteroatoms. The van der Waals surface area contributed by atoms with Gasteiger partial charge in [0.25, 0.3) is 0 Å². The normalized spacial score (nSPS) is 14.9. The SMILES string of the molecule is CC(C)(C)c1cc(-c2ccc3c(c2)oc2cc(-c4cc(C(C)(C)C)cc(C(C)(C)C)c4)cc(N(c4ccc5c(c4)C(C)(C)c4ccccc4-5)c4ccc5c(c4)C(C)(C)c4ccccc4-5)c23)cc(C(C)(C)C)c1. The first-order valence-corrected chi connectivity index (χ1v) is 26.3. The van der Waals surface area contributed by atoms with Crippen LogP contribution in [0.2, 0.25) is 0 Å². The van der Waals surface area contributed by atoms with Crippen LogP contribution in [0.3, 0.4) is 0 Å². The lowest BCUT2D eigenvalue weighted by molar-refractivity contribution is 0.568. The highest BCUT2D eigenvalue weighted by Crippen LogP contribution is 2.55. The molecule has 0 N–H and O–H groups in total. The maximum absolute atomic E-state index is 7.30. The van der Waals surface area contributed by atoms with Crippen molar-refractivity contribution in [1.82, 2.24) is 0 Å². The van der Waals surface area contributed by atoms with Crippen LogP contribution in [0.15, 0.2) is 156 Å². The van der Waals surface area contributed by atoms with Crippen molar-refractivity contribution < 1.29 is 4.42 Å². The molecule has 2 nitrogen and oxygen atoms in total. The molecule has 1 aromatic heterocycles. The Morgan fingerprint density at radius 2 is 0.736 bits per heavy atom. The third kappa shape index (κ3) is 7.75. The van der Waals surface area contributed by atoms with Gasteiger partial charge in [-0.3, -0.25) is 0 Å². The van der Waals surface area contributed by atoms with Crippen LogP contribution >= 0.6 is 0 Å². The molecule has 72 heavy (non-hydrogen) atoms. The first kappa shape index (κ1) is 47.7. The molecule has 0 saturated carbocycles. The molecule has 0 fully saturated rings. The molecular weight excluding hydrogens is 871 g/mol. The fraction of sp³-hybridized carbons (Fsp3) is 0.314. The quantitative estimate of drug-likeness (QED) is 0.171. The minimum Gasteiger partial charge on any atom is -0.456 e. The maximum atomic E-state index is 7.30. The second-order valence-corrected chi connectivity index (χ2v) is 26.4. The first-order chi connectivity index (χ1) is 33.7. The fourth-order valence-electron chi connectivity index (χ4n) is 11.8. The van der Waals surface area contributed by atoms with Gasteiger partial charge in [-0.15, -0.1) is 0 Å². The highest BCUT2D eigenvalue weighted by atomic mass is 16.3. The van der Waals surface area contributed by atoms with Crippen molar-refractivity contribution in [2.45, 2.75) is 143 Å². The second-order valence-electron chi connectivity index (χ2n) is 26.4. The minimum atomic E-state index is -0.182. The van der Waals surface area contributed by atoms with Crippen molar-refractivity contribution in [3.63, 3.8) is 0 Å². The Morgan fingerprint density at radius 3 is 1.18 bits per heavy atom. The summed E-state index contributed by atoms with van der Waals surface area (Å²) in [7, 11) is 0. The van der Waals surface area contributed by atoms with Gasteiger partial charge in [-0.2, -0.15) is 0 Å². The highest BCUT2D eigenvalue weighted by Gasteiger charge is 2.38. The summed E-state index contributed by atoms with van der Waals surface area (Å²) in [4.78, 5) is 2.55. The van der Waals surface area contributed by atoms with E-state index in [2.05, 4.69) is 267 Å². The third-order valence-corrected chi connectivity index (χ3v) is 16.4. The van der Waals surface area contributed by atoms with Crippen molar-refractivity contribution in [1.29, 1.82) is 0 Å². The Labute approximate surface area is 430 Å². The zero-order valence-corrected chi connectivity index (χ0v) is 45.8. The lowest BCUT2D eigenvalue weighted by Gasteiger charge is -2.31. The van der Waals surface area contributed by atoms with Gasteiger partial charge >= 0.3 is 0 Å². The van der Waals surface area contributed by atoms with E-state index in [1.165, 1.54) is 77.9 Å². The van der Waals surface area contributed by atoms with Crippen LogP contribution in [0.1, 0.15) is 155 Å². The van der Waals surface area contributed by atoms with Gasteiger partial charge in [-0.25, -0.2) is 0 Å². The summed E-state index contributed by atoms with van der Waals surface area (Å²) in [6, 6.07) is 58.5. The largest absolute Gasteiger partial charge is 0.456 e. The van der Waals surface area contributed by atoms with Crippen molar-refractivity contribution in [3.8, 4) is 44.5 Å². The molecule has 2 aliphatic carbocycles. The summed E-state index contributed by atoms with van der Waals surface area (Å²) in [6.07, 6.45) is 0. The first-order valence-electron chi connectivity index (χ1n) is 26.3. The smallest absolute Gasteiger partial charge is 0.138 e. The van der Waals surface area contributed by atoms with Gasteiger partial charge in [0.15, 0.2) is 0 Å². The molecule has 0 aliphatic heterocycles. The Kier molecular flexibility index (Phi) is 10.5. The molecule has 0 bridgehead atoms. The zero-order chi connectivity index (χ0) is 51.2. The van der Waals surface area contributed by atoms with E-state index >= 15 is 0 Å². The Morgan fingerprint density at radius 1 is 0.347 bits per heavy atom. The molecule has 0 saturated heterocycles. The van der Waals surface area contributed by atoms with Gasteiger partial charge in [-0.1, -0.05) is 214 Å². The number of hydrogen-bond donors (Lipinski definition) is 0. The average Bonchev–Trinajstić information content (AvgIpc) is 3.89. The van der Waals surface area contributed by atoms with E-state index in [0.29, 0.717) is 0 Å². The van der Waals surface area contributed by atoms with E-state index in [1.807, 2.05) is 0 Å². The molecule has 11 rings (SSSR count). The number of rotatable bonds is 5. The van der Waals surface area contributed by atoms with Crippen LogP contribution < -0.4 is 4.90 Å². The summed E-state index contributed by atoms with van der Waals surface area (Å²) >= 11 is 0. The molecule has 9 aromatic rings. The maximum Gasteiger partial charge on any atom is 0.138 e. The highest BCUT2D eigenvalue weighted by molar-refractivity contribution is 6.15. The Balaban J connectivity index is 1.22. The van der Waals surface area contributed by atoms with Crippen LogP contribution in [0.5, 0.6) is 0 Å². The number of fused-ring (bicyclic) bond motifs is 9. The fourth-order valence-corrected chi connectivity index (χ4v) is 11.8. The predicted octanol–water partition coefficient (Wildman–Crippen LogP) is 20.2. The van der Waals surface area contributed by atoms with E-state index in [4.69, 9.17) is 4.42 Å². The zero-order valence-electron chi connectivity index (χ0n) is 45.8. The third-order valence-electron chi connectivity index (χ3n) is 16.4. The summed E-state index contributed by atoms with van der Waals surface area (Å²) in [5.74, 6) is 0. The van der Waals surface area contributed by atoms with Gasteiger partial charge in [-0.05, 0) is 159 Å². The van der Waals surface area contributed by atoms with Crippen LogP contribution in [0.4, 0.5) is 17.1 Å². The number of anilines is 3. The van der Waals surface area contributed by atoms with Crippen molar-refractivity contribution in [2.24, 2.45) is 0 Å². The Hall–Kier alpha value is -6.64. The molecule has 2 aliphatic rings. The van der Waals surface area contributed by atoms with Crippen LogP contribution in [-0.2, 0) is 32.5 Å². The topological polar surface area (TPSA) is 16.4 Å². The lowest BCUT2D eigenvalue weighted by atomic mass is 9.78. The van der Waals surface area contributed by atoms with Gasteiger partial charge in [0, 0.05) is 27.6 Å². The molecule has 364 valence electrons. The van der Waals surface area contributed by atoms with E-state index in [1.54, 1.807) is 0 Å². The van der Waals surface area contributed by atoms with Crippen LogP contribution in [0, 0.1) is 0 Å². The van der Waals surface area contributed by atoms with E-state index in [0.717, 1.165) is 50.1 Å². The average molecular weight is 944 g/mol. The number of hydrogen-bond acceptors (Lipinski definition) is 2. The minimum absolute atomic E-state index is 0.00347. The molecule has 0 unspecified atom stereocenters. The second kappa shape index (κ2) is 15.9. The molecule has 0 radical (unpaired) electrons. The van der Waals surface area contributed by atoms with Crippen molar-refractivity contribution >= 4 is 39.0 Å². The molecular formula is C70H73NO. The number of nitrogens with zero attached hydrogens (tertiary/aromatic N) is 1. The molecule has 0 spiro atoms.